The Labute approximate surface area is 82.5 Å². The van der Waals surface area contributed by atoms with Crippen molar-refractivity contribution in [3.63, 3.8) is 0 Å². The molecule has 0 aromatic heterocycles. The number of hydrogen-bond donors (Lipinski definition) is 0. The van der Waals surface area contributed by atoms with Crippen molar-refractivity contribution in [2.24, 2.45) is 0 Å². The highest BCUT2D eigenvalue weighted by Gasteiger charge is 2.08. The Morgan fingerprint density at radius 1 is 0.923 bits per heavy atom. The van der Waals surface area contributed by atoms with E-state index in [9.17, 15) is 0 Å². The van der Waals surface area contributed by atoms with E-state index in [1.54, 1.807) is 0 Å². The van der Waals surface area contributed by atoms with E-state index < -0.39 is 9.04 Å². The molecule has 0 aliphatic carbocycles. The normalized spacial score (nSPS) is 21.5. The first-order chi connectivity index (χ1) is 6.39. The summed E-state index contributed by atoms with van der Waals surface area (Å²) in [6.45, 7) is 3.33. The average molecular weight is 194 g/mol. The molecule has 13 heavy (non-hydrogen) atoms. The lowest BCUT2D eigenvalue weighted by Crippen LogP contribution is -2.18. The van der Waals surface area contributed by atoms with Crippen LogP contribution in [0.2, 0.25) is 12.6 Å². The molecule has 1 aromatic rings. The molecule has 1 fully saturated rings. The average Bonchev–Trinajstić information content (AvgIpc) is 2.22. The fourth-order valence-corrected chi connectivity index (χ4v) is 2.89. The van der Waals surface area contributed by atoms with Gasteiger partial charge >= 0.3 is 0 Å². The topological polar surface area (TPSA) is 9.23 Å². The second-order valence-electron chi connectivity index (χ2n) is 3.33. The highest BCUT2D eigenvalue weighted by molar-refractivity contribution is 6.50. The van der Waals surface area contributed by atoms with Gasteiger partial charge in [0.1, 0.15) is 0 Å². The molecule has 1 saturated heterocycles. The van der Waals surface area contributed by atoms with Gasteiger partial charge in [0, 0.05) is 6.61 Å². The van der Waals surface area contributed by atoms with Gasteiger partial charge in [0.2, 0.25) is 0 Å². The Balaban J connectivity index is 0.000000132. The Bertz CT molecular complexity index is 168. The molecule has 2 rings (SSSR count). The lowest BCUT2D eigenvalue weighted by atomic mass is 10.4. The molecule has 0 spiro atoms. The summed E-state index contributed by atoms with van der Waals surface area (Å²) in [6.07, 6.45) is 2.73. The van der Waals surface area contributed by atoms with Gasteiger partial charge in [-0.25, -0.2) is 0 Å². The molecule has 1 unspecified atom stereocenters. The zero-order valence-electron chi connectivity index (χ0n) is 8.28. The molecular formula is C11H18OSi. The zero-order chi connectivity index (χ0) is 9.36. The van der Waals surface area contributed by atoms with Crippen molar-refractivity contribution >= 4 is 9.04 Å². The van der Waals surface area contributed by atoms with Crippen LogP contribution in [0.25, 0.3) is 0 Å². The van der Waals surface area contributed by atoms with Crippen LogP contribution < -0.4 is 0 Å². The quantitative estimate of drug-likeness (QED) is 0.577. The van der Waals surface area contributed by atoms with Crippen LogP contribution >= 0.6 is 0 Å². The maximum Gasteiger partial charge on any atom is 0.173 e. The van der Waals surface area contributed by atoms with Crippen LogP contribution in [-0.2, 0) is 4.43 Å². The molecule has 1 aliphatic rings. The van der Waals surface area contributed by atoms with E-state index in [1.807, 2.05) is 36.4 Å². The first kappa shape index (κ1) is 10.5. The first-order valence-electron chi connectivity index (χ1n) is 5.01. The molecule has 0 amide bonds. The van der Waals surface area contributed by atoms with Crippen LogP contribution in [0, 0.1) is 0 Å². The first-order valence-corrected chi connectivity index (χ1v) is 7.45. The number of rotatable bonds is 0. The van der Waals surface area contributed by atoms with E-state index in [0.717, 1.165) is 6.61 Å². The summed E-state index contributed by atoms with van der Waals surface area (Å²) in [5.41, 5.74) is 0. The highest BCUT2D eigenvalue weighted by atomic mass is 28.3. The summed E-state index contributed by atoms with van der Waals surface area (Å²) in [4.78, 5) is 0. The van der Waals surface area contributed by atoms with Crippen LogP contribution in [-0.4, -0.2) is 15.6 Å². The Morgan fingerprint density at radius 3 is 1.69 bits per heavy atom. The molecule has 72 valence electrons. The fourth-order valence-electron chi connectivity index (χ4n) is 1.29. The van der Waals surface area contributed by atoms with Gasteiger partial charge in [0.05, 0.1) is 0 Å². The minimum atomic E-state index is -0.595. The van der Waals surface area contributed by atoms with Crippen LogP contribution in [0.1, 0.15) is 12.8 Å². The van der Waals surface area contributed by atoms with Gasteiger partial charge < -0.3 is 4.43 Å². The second kappa shape index (κ2) is 6.86. The highest BCUT2D eigenvalue weighted by Crippen LogP contribution is 2.09. The molecule has 2 heteroatoms. The minimum Gasteiger partial charge on any atom is -0.420 e. The number of hydrogen-bond acceptors (Lipinski definition) is 1. The Hall–Kier alpha value is -0.603. The Kier molecular flexibility index (Phi) is 5.53. The molecule has 0 saturated carbocycles. The van der Waals surface area contributed by atoms with Gasteiger partial charge in [-0.3, -0.25) is 0 Å². The van der Waals surface area contributed by atoms with Crippen molar-refractivity contribution in [3.05, 3.63) is 36.4 Å². The van der Waals surface area contributed by atoms with Crippen LogP contribution in [0.5, 0.6) is 0 Å². The maximum absolute atomic E-state index is 5.42. The summed E-state index contributed by atoms with van der Waals surface area (Å²) in [6, 6.07) is 13.4. The van der Waals surface area contributed by atoms with E-state index in [-0.39, 0.29) is 0 Å². The zero-order valence-corrected chi connectivity index (χ0v) is 9.43. The second-order valence-corrected chi connectivity index (χ2v) is 5.86. The Morgan fingerprint density at radius 2 is 1.46 bits per heavy atom. The van der Waals surface area contributed by atoms with E-state index in [4.69, 9.17) is 4.43 Å². The minimum absolute atomic E-state index is 0.595. The summed E-state index contributed by atoms with van der Waals surface area (Å²) in [5, 5.41) is 0. The van der Waals surface area contributed by atoms with E-state index >= 15 is 0 Å². The van der Waals surface area contributed by atoms with Crippen molar-refractivity contribution in [1.29, 1.82) is 0 Å². The lowest BCUT2D eigenvalue weighted by molar-refractivity contribution is 0.291. The van der Waals surface area contributed by atoms with E-state index in [1.165, 1.54) is 18.9 Å². The number of benzene rings is 1. The molecule has 1 aliphatic heterocycles. The van der Waals surface area contributed by atoms with Crippen LogP contribution in [0.15, 0.2) is 36.4 Å². The van der Waals surface area contributed by atoms with Gasteiger partial charge in [0.15, 0.2) is 9.04 Å². The molecule has 1 nitrogen and oxygen atoms in total. The largest absolute Gasteiger partial charge is 0.420 e. The third-order valence-electron chi connectivity index (χ3n) is 2.07. The van der Waals surface area contributed by atoms with Crippen molar-refractivity contribution in [1.82, 2.24) is 0 Å². The van der Waals surface area contributed by atoms with Crippen molar-refractivity contribution in [2.75, 3.05) is 6.61 Å². The summed E-state index contributed by atoms with van der Waals surface area (Å²) in [5.74, 6) is 0. The van der Waals surface area contributed by atoms with Gasteiger partial charge in [-0.05, 0) is 19.0 Å². The van der Waals surface area contributed by atoms with Gasteiger partial charge in [-0.15, -0.1) is 0 Å². The SMILES string of the molecule is C[SiH]1CCCCO1.c1ccccc1. The molecule has 1 aromatic carbocycles. The van der Waals surface area contributed by atoms with Crippen LogP contribution in [0.3, 0.4) is 0 Å². The summed E-state index contributed by atoms with van der Waals surface area (Å²) in [7, 11) is -0.595. The lowest BCUT2D eigenvalue weighted by Gasteiger charge is -2.16. The molecule has 1 atom stereocenters. The monoisotopic (exact) mass is 194 g/mol. The van der Waals surface area contributed by atoms with E-state index in [2.05, 4.69) is 6.55 Å². The van der Waals surface area contributed by atoms with Crippen molar-refractivity contribution in [3.8, 4) is 0 Å². The molecule has 0 N–H and O–H groups in total. The predicted molar refractivity (Wildman–Crippen MR) is 59.4 cm³/mol. The standard InChI is InChI=1S/C6H6.C5H12OSi/c1-2-4-6-5-3-1;1-7-5-3-2-4-6-7/h1-6H;7H,2-5H2,1H3. The molecule has 0 bridgehead atoms. The smallest absolute Gasteiger partial charge is 0.173 e. The van der Waals surface area contributed by atoms with Crippen LogP contribution in [0.4, 0.5) is 0 Å². The van der Waals surface area contributed by atoms with Gasteiger partial charge in [0.25, 0.3) is 0 Å². The predicted octanol–water partition coefficient (Wildman–Crippen LogP) is 2.84. The molecular weight excluding hydrogens is 176 g/mol. The fraction of sp³-hybridized carbons (Fsp3) is 0.455. The molecule has 1 heterocycles. The van der Waals surface area contributed by atoms with Gasteiger partial charge in [-0.1, -0.05) is 42.8 Å². The maximum atomic E-state index is 5.42. The van der Waals surface area contributed by atoms with Gasteiger partial charge in [-0.2, -0.15) is 0 Å². The van der Waals surface area contributed by atoms with Crippen molar-refractivity contribution < 1.29 is 4.43 Å². The van der Waals surface area contributed by atoms with Crippen molar-refractivity contribution in [2.45, 2.75) is 25.4 Å². The summed E-state index contributed by atoms with van der Waals surface area (Å²) < 4.78 is 5.42. The third kappa shape index (κ3) is 5.61. The third-order valence-corrected chi connectivity index (χ3v) is 4.10. The van der Waals surface area contributed by atoms with E-state index in [0.29, 0.717) is 0 Å². The molecule has 0 radical (unpaired) electrons. The summed E-state index contributed by atoms with van der Waals surface area (Å²) >= 11 is 0.